The standard InChI is InChI=1S/C33H28N4O3S/c1-22-10-3-6-15-29(22)40-24-18-16-23(17-19-24)37-31(30(35-33(37)41)26-12-7-8-20-34-26)28-14-9-21-36(28)27-13-5-4-11-25(27)32(38)39-2/h3-21,30-31H,1-2H3,(H,35,41)/t30-,31+/m0/s1. The Bertz CT molecular complexity index is 1700. The predicted molar refractivity (Wildman–Crippen MR) is 163 cm³/mol. The summed E-state index contributed by atoms with van der Waals surface area (Å²) in [5.41, 5.74) is 4.95. The average molecular weight is 561 g/mol. The van der Waals surface area contributed by atoms with Gasteiger partial charge in [0.2, 0.25) is 0 Å². The van der Waals surface area contributed by atoms with Gasteiger partial charge in [-0.3, -0.25) is 4.98 Å². The van der Waals surface area contributed by atoms with Crippen molar-refractivity contribution in [2.24, 2.45) is 0 Å². The lowest BCUT2D eigenvalue weighted by Crippen LogP contribution is -2.30. The summed E-state index contributed by atoms with van der Waals surface area (Å²) in [6.45, 7) is 2.02. The molecule has 0 unspecified atom stereocenters. The second-order valence-electron chi connectivity index (χ2n) is 9.67. The topological polar surface area (TPSA) is 68.6 Å². The van der Waals surface area contributed by atoms with E-state index in [2.05, 4.69) is 15.2 Å². The van der Waals surface area contributed by atoms with Crippen molar-refractivity contribution >= 4 is 29.0 Å². The molecule has 1 fully saturated rings. The van der Waals surface area contributed by atoms with E-state index >= 15 is 0 Å². The number of ether oxygens (including phenoxy) is 2. The number of carbonyl (C=O) groups excluding carboxylic acids is 1. The molecule has 6 rings (SSSR count). The van der Waals surface area contributed by atoms with Crippen LogP contribution < -0.4 is 15.0 Å². The molecule has 41 heavy (non-hydrogen) atoms. The Morgan fingerprint density at radius 3 is 2.41 bits per heavy atom. The minimum Gasteiger partial charge on any atom is -0.465 e. The normalized spacial score (nSPS) is 16.3. The summed E-state index contributed by atoms with van der Waals surface area (Å²) in [5.74, 6) is 1.14. The Morgan fingerprint density at radius 2 is 1.66 bits per heavy atom. The number of aryl methyl sites for hydroxylation is 1. The number of hydrogen-bond donors (Lipinski definition) is 1. The lowest BCUT2D eigenvalue weighted by atomic mass is 10.0. The van der Waals surface area contributed by atoms with Gasteiger partial charge >= 0.3 is 5.97 Å². The van der Waals surface area contributed by atoms with Crippen LogP contribution in [0.25, 0.3) is 5.69 Å². The number of methoxy groups -OCH3 is 1. The van der Waals surface area contributed by atoms with Crippen LogP contribution >= 0.6 is 12.2 Å². The first kappa shape index (κ1) is 26.3. The number of pyridine rings is 1. The fraction of sp³-hybridized carbons (Fsp3) is 0.121. The van der Waals surface area contributed by atoms with Crippen molar-refractivity contribution in [2.75, 3.05) is 12.0 Å². The number of rotatable bonds is 7. The number of esters is 1. The lowest BCUT2D eigenvalue weighted by Gasteiger charge is -2.29. The number of thiocarbonyl (C=S) groups is 1. The summed E-state index contributed by atoms with van der Waals surface area (Å²) in [7, 11) is 1.39. The molecular weight excluding hydrogens is 532 g/mol. The van der Waals surface area contributed by atoms with Crippen LogP contribution in [0.15, 0.2) is 116 Å². The Labute approximate surface area is 244 Å². The molecule has 1 aliphatic heterocycles. The number of aromatic nitrogens is 2. The fourth-order valence-corrected chi connectivity index (χ4v) is 5.57. The third-order valence-corrected chi connectivity index (χ3v) is 7.50. The molecule has 2 aromatic heterocycles. The van der Waals surface area contributed by atoms with Crippen LogP contribution in [0.1, 0.15) is 39.4 Å². The van der Waals surface area contributed by atoms with E-state index in [1.807, 2.05) is 115 Å². The van der Waals surface area contributed by atoms with Crippen LogP contribution in [0, 0.1) is 6.92 Å². The molecule has 1 saturated heterocycles. The van der Waals surface area contributed by atoms with Gasteiger partial charge in [-0.1, -0.05) is 36.4 Å². The zero-order chi connectivity index (χ0) is 28.3. The quantitative estimate of drug-likeness (QED) is 0.171. The fourth-order valence-electron chi connectivity index (χ4n) is 5.23. The first-order valence-electron chi connectivity index (χ1n) is 13.2. The van der Waals surface area contributed by atoms with E-state index in [0.717, 1.165) is 39.8 Å². The number of nitrogens with zero attached hydrogens (tertiary/aromatic N) is 3. The maximum Gasteiger partial charge on any atom is 0.339 e. The van der Waals surface area contributed by atoms with E-state index in [-0.39, 0.29) is 12.1 Å². The minimum atomic E-state index is -0.400. The number of para-hydroxylation sites is 2. The molecule has 0 bridgehead atoms. The van der Waals surface area contributed by atoms with Gasteiger partial charge in [-0.2, -0.15) is 0 Å². The summed E-state index contributed by atoms with van der Waals surface area (Å²) in [4.78, 5) is 19.4. The molecule has 0 amide bonds. The predicted octanol–water partition coefficient (Wildman–Crippen LogP) is 6.94. The third kappa shape index (κ3) is 5.05. The highest BCUT2D eigenvalue weighted by Gasteiger charge is 2.42. The van der Waals surface area contributed by atoms with Crippen molar-refractivity contribution in [3.8, 4) is 17.2 Å². The highest BCUT2D eigenvalue weighted by atomic mass is 32.1. The second-order valence-corrected chi connectivity index (χ2v) is 10.1. The molecule has 1 aliphatic rings. The summed E-state index contributed by atoms with van der Waals surface area (Å²) in [6.07, 6.45) is 3.73. The largest absolute Gasteiger partial charge is 0.465 e. The highest BCUT2D eigenvalue weighted by Crippen LogP contribution is 2.43. The van der Waals surface area contributed by atoms with Gasteiger partial charge in [-0.25, -0.2) is 4.79 Å². The SMILES string of the molecule is COC(=O)c1ccccc1-n1cccc1[C@@H]1[C@H](c2ccccn2)NC(=S)N1c1ccc(Oc2ccccc2C)cc1. The van der Waals surface area contributed by atoms with Gasteiger partial charge in [0.1, 0.15) is 17.5 Å². The average Bonchev–Trinajstić information content (AvgIpc) is 3.63. The highest BCUT2D eigenvalue weighted by molar-refractivity contribution is 7.80. The van der Waals surface area contributed by atoms with Crippen molar-refractivity contribution in [1.29, 1.82) is 0 Å². The van der Waals surface area contributed by atoms with Crippen LogP contribution in [0.5, 0.6) is 11.5 Å². The van der Waals surface area contributed by atoms with Gasteiger partial charge in [-0.05, 0) is 91.4 Å². The van der Waals surface area contributed by atoms with Gasteiger partial charge in [0.25, 0.3) is 0 Å². The number of anilines is 1. The smallest absolute Gasteiger partial charge is 0.339 e. The molecule has 0 aliphatic carbocycles. The van der Waals surface area contributed by atoms with Gasteiger partial charge < -0.3 is 24.3 Å². The molecule has 3 aromatic carbocycles. The molecule has 5 aromatic rings. The monoisotopic (exact) mass is 560 g/mol. The van der Waals surface area contributed by atoms with Crippen LogP contribution in [-0.4, -0.2) is 27.7 Å². The van der Waals surface area contributed by atoms with E-state index < -0.39 is 5.97 Å². The zero-order valence-electron chi connectivity index (χ0n) is 22.6. The van der Waals surface area contributed by atoms with Gasteiger partial charge in [0.05, 0.1) is 30.1 Å². The number of hydrogen-bond acceptors (Lipinski definition) is 5. The van der Waals surface area contributed by atoms with Crippen molar-refractivity contribution in [3.63, 3.8) is 0 Å². The van der Waals surface area contributed by atoms with E-state index in [0.29, 0.717) is 10.7 Å². The van der Waals surface area contributed by atoms with Crippen molar-refractivity contribution in [2.45, 2.75) is 19.0 Å². The Hall–Kier alpha value is -4.95. The number of nitrogens with one attached hydrogen (secondary N) is 1. The molecular formula is C33H28N4O3S. The van der Waals surface area contributed by atoms with Gasteiger partial charge in [0.15, 0.2) is 5.11 Å². The van der Waals surface area contributed by atoms with Gasteiger partial charge in [-0.15, -0.1) is 0 Å². The van der Waals surface area contributed by atoms with E-state index in [1.54, 1.807) is 12.3 Å². The number of benzene rings is 3. The van der Waals surface area contributed by atoms with Crippen molar-refractivity contribution in [1.82, 2.24) is 14.9 Å². The molecule has 204 valence electrons. The molecule has 0 spiro atoms. The van der Waals surface area contributed by atoms with Gasteiger partial charge in [0, 0.05) is 23.8 Å². The van der Waals surface area contributed by atoms with E-state index in [4.69, 9.17) is 21.7 Å². The molecule has 1 N–H and O–H groups in total. The van der Waals surface area contributed by atoms with Crippen LogP contribution in [0.4, 0.5) is 5.69 Å². The molecule has 8 heteroatoms. The van der Waals surface area contributed by atoms with Crippen molar-refractivity contribution < 1.29 is 14.3 Å². The Kier molecular flexibility index (Phi) is 7.22. The second kappa shape index (κ2) is 11.3. The summed E-state index contributed by atoms with van der Waals surface area (Å²) < 4.78 is 13.2. The van der Waals surface area contributed by atoms with E-state index in [9.17, 15) is 4.79 Å². The molecule has 2 atom stereocenters. The Balaban J connectivity index is 1.43. The van der Waals surface area contributed by atoms with Crippen molar-refractivity contribution in [3.05, 3.63) is 138 Å². The third-order valence-electron chi connectivity index (χ3n) is 7.19. The molecule has 0 radical (unpaired) electrons. The lowest BCUT2D eigenvalue weighted by molar-refractivity contribution is 0.0600. The van der Waals surface area contributed by atoms with Crippen LogP contribution in [0.2, 0.25) is 0 Å². The summed E-state index contributed by atoms with van der Waals surface area (Å²) in [6, 6.07) is 32.6. The maximum absolute atomic E-state index is 12.7. The minimum absolute atomic E-state index is 0.245. The Morgan fingerprint density at radius 1 is 0.902 bits per heavy atom. The first-order valence-corrected chi connectivity index (χ1v) is 13.6. The molecule has 0 saturated carbocycles. The molecule has 3 heterocycles. The first-order chi connectivity index (χ1) is 20.0. The summed E-state index contributed by atoms with van der Waals surface area (Å²) >= 11 is 5.92. The van der Waals surface area contributed by atoms with Crippen LogP contribution in [0.3, 0.4) is 0 Å². The maximum atomic E-state index is 12.7. The number of carbonyl (C=O) groups is 1. The summed E-state index contributed by atoms with van der Waals surface area (Å²) in [5, 5.41) is 4.08. The zero-order valence-corrected chi connectivity index (χ0v) is 23.4. The van der Waals surface area contributed by atoms with Crippen LogP contribution in [-0.2, 0) is 4.74 Å². The van der Waals surface area contributed by atoms with E-state index in [1.165, 1.54) is 7.11 Å². The molecule has 7 nitrogen and oxygen atoms in total.